The van der Waals surface area contributed by atoms with Gasteiger partial charge in [0, 0.05) is 17.1 Å². The number of fused-ring (bicyclic) bond motifs is 1. The third-order valence-corrected chi connectivity index (χ3v) is 6.36. The fourth-order valence-corrected chi connectivity index (χ4v) is 4.76. The molecule has 0 aromatic heterocycles. The molecule has 6 heteroatoms. The number of nitrogens with one attached hydrogen (secondary N) is 2. The minimum Gasteiger partial charge on any atom is -0.326 e. The maximum absolute atomic E-state index is 12.6. The highest BCUT2D eigenvalue weighted by Crippen LogP contribution is 2.26. The minimum atomic E-state index is -3.58. The van der Waals surface area contributed by atoms with Crippen LogP contribution in [0.2, 0.25) is 0 Å². The van der Waals surface area contributed by atoms with Crippen LogP contribution in [0.15, 0.2) is 53.4 Å². The van der Waals surface area contributed by atoms with Crippen molar-refractivity contribution >= 4 is 21.6 Å². The van der Waals surface area contributed by atoms with E-state index in [1.807, 2.05) is 12.1 Å². The molecular formula is C21H26N2O3S. The lowest BCUT2D eigenvalue weighted by atomic mass is 9.83. The molecule has 0 fully saturated rings. The maximum atomic E-state index is 12.6. The molecule has 1 unspecified atom stereocenters. The highest BCUT2D eigenvalue weighted by molar-refractivity contribution is 7.89. The summed E-state index contributed by atoms with van der Waals surface area (Å²) in [5, 5.41) is 2.92. The van der Waals surface area contributed by atoms with Crippen molar-refractivity contribution in [2.45, 2.75) is 50.5 Å². The zero-order valence-corrected chi connectivity index (χ0v) is 16.8. The number of anilines is 1. The largest absolute Gasteiger partial charge is 0.326 e. The van der Waals surface area contributed by atoms with E-state index in [-0.39, 0.29) is 16.7 Å². The lowest BCUT2D eigenvalue weighted by molar-refractivity contribution is -0.120. The fourth-order valence-electron chi connectivity index (χ4n) is 3.35. The van der Waals surface area contributed by atoms with E-state index < -0.39 is 15.6 Å². The first-order valence-corrected chi connectivity index (χ1v) is 10.6. The lowest BCUT2D eigenvalue weighted by Gasteiger charge is -2.24. The molecule has 0 saturated carbocycles. The van der Waals surface area contributed by atoms with Gasteiger partial charge in [0.2, 0.25) is 15.9 Å². The van der Waals surface area contributed by atoms with Crippen LogP contribution in [0.4, 0.5) is 5.69 Å². The highest BCUT2D eigenvalue weighted by Gasteiger charge is 2.25. The molecule has 144 valence electrons. The van der Waals surface area contributed by atoms with Gasteiger partial charge < -0.3 is 5.32 Å². The van der Waals surface area contributed by atoms with E-state index in [4.69, 9.17) is 0 Å². The molecule has 0 heterocycles. The van der Waals surface area contributed by atoms with Crippen LogP contribution in [-0.2, 0) is 27.7 Å². The van der Waals surface area contributed by atoms with Crippen molar-refractivity contribution in [3.05, 3.63) is 59.7 Å². The van der Waals surface area contributed by atoms with Crippen molar-refractivity contribution in [3.63, 3.8) is 0 Å². The van der Waals surface area contributed by atoms with Gasteiger partial charge in [0.05, 0.1) is 4.90 Å². The molecule has 1 atom stereocenters. The number of aryl methyl sites for hydroxylation is 1. The summed E-state index contributed by atoms with van der Waals surface area (Å²) in [4.78, 5) is 12.8. The summed E-state index contributed by atoms with van der Waals surface area (Å²) in [5.74, 6) is -0.0845. The van der Waals surface area contributed by atoms with Gasteiger partial charge in [-0.15, -0.1) is 0 Å². The lowest BCUT2D eigenvalue weighted by Crippen LogP contribution is -2.40. The highest BCUT2D eigenvalue weighted by atomic mass is 32.2. The molecule has 2 N–H and O–H groups in total. The van der Waals surface area contributed by atoms with Gasteiger partial charge in [-0.2, -0.15) is 0 Å². The van der Waals surface area contributed by atoms with E-state index in [9.17, 15) is 13.2 Å². The Labute approximate surface area is 161 Å². The summed E-state index contributed by atoms with van der Waals surface area (Å²) in [6, 6.07) is 14.5. The number of sulfonamides is 1. The smallest absolute Gasteiger partial charge is 0.241 e. The number of rotatable bonds is 4. The summed E-state index contributed by atoms with van der Waals surface area (Å²) in [6.07, 6.45) is 2.47. The molecule has 1 aliphatic rings. The van der Waals surface area contributed by atoms with Crippen LogP contribution >= 0.6 is 0 Å². The van der Waals surface area contributed by atoms with Gasteiger partial charge in [-0.3, -0.25) is 4.79 Å². The van der Waals surface area contributed by atoms with E-state index in [2.05, 4.69) is 22.2 Å². The molecule has 2 aromatic carbocycles. The Morgan fingerprint density at radius 1 is 1.00 bits per heavy atom. The Balaban J connectivity index is 1.66. The SMILES string of the molecule is CC(C)(C)NS(=O)(=O)c1ccc(NC(=O)C2CCc3ccccc3C2)cc1. The van der Waals surface area contributed by atoms with Crippen LogP contribution in [0.3, 0.4) is 0 Å². The van der Waals surface area contributed by atoms with Gasteiger partial charge in [0.1, 0.15) is 0 Å². The van der Waals surface area contributed by atoms with Gasteiger partial charge in [0.25, 0.3) is 0 Å². The first-order valence-electron chi connectivity index (χ1n) is 9.16. The first kappa shape index (κ1) is 19.6. The van der Waals surface area contributed by atoms with Gasteiger partial charge in [-0.25, -0.2) is 13.1 Å². The maximum Gasteiger partial charge on any atom is 0.241 e. The first-order chi connectivity index (χ1) is 12.6. The van der Waals surface area contributed by atoms with Crippen LogP contribution in [0, 0.1) is 5.92 Å². The second-order valence-corrected chi connectivity index (χ2v) is 9.76. The summed E-state index contributed by atoms with van der Waals surface area (Å²) in [7, 11) is -3.58. The number of amides is 1. The van der Waals surface area contributed by atoms with Crippen LogP contribution in [-0.4, -0.2) is 19.9 Å². The van der Waals surface area contributed by atoms with E-state index in [1.165, 1.54) is 23.3 Å². The van der Waals surface area contributed by atoms with Gasteiger partial charge in [0.15, 0.2) is 0 Å². The predicted molar refractivity (Wildman–Crippen MR) is 107 cm³/mol. The van der Waals surface area contributed by atoms with Gasteiger partial charge in [-0.05, 0) is 75.4 Å². The molecule has 0 aliphatic heterocycles. The topological polar surface area (TPSA) is 75.3 Å². The summed E-state index contributed by atoms with van der Waals surface area (Å²) in [5.41, 5.74) is 2.61. The van der Waals surface area contributed by atoms with E-state index >= 15 is 0 Å². The summed E-state index contributed by atoms with van der Waals surface area (Å²) < 4.78 is 27.3. The van der Waals surface area contributed by atoms with E-state index in [0.29, 0.717) is 5.69 Å². The minimum absolute atomic E-state index is 0.0204. The van der Waals surface area contributed by atoms with Crippen LogP contribution in [0.1, 0.15) is 38.3 Å². The second kappa shape index (κ2) is 7.44. The number of carbonyl (C=O) groups is 1. The number of carbonyl (C=O) groups excluding carboxylic acids is 1. The Bertz CT molecular complexity index is 929. The third-order valence-electron chi connectivity index (χ3n) is 4.59. The van der Waals surface area contributed by atoms with Crippen LogP contribution < -0.4 is 10.0 Å². The van der Waals surface area contributed by atoms with Gasteiger partial charge in [-0.1, -0.05) is 24.3 Å². The average Bonchev–Trinajstić information content (AvgIpc) is 2.59. The molecule has 27 heavy (non-hydrogen) atoms. The molecule has 3 rings (SSSR count). The Morgan fingerprint density at radius 2 is 1.63 bits per heavy atom. The Kier molecular flexibility index (Phi) is 5.40. The number of hydrogen-bond donors (Lipinski definition) is 2. The Hall–Kier alpha value is -2.18. The number of benzene rings is 2. The van der Waals surface area contributed by atoms with Crippen molar-refractivity contribution in [2.24, 2.45) is 5.92 Å². The number of hydrogen-bond acceptors (Lipinski definition) is 3. The monoisotopic (exact) mass is 386 g/mol. The summed E-state index contributed by atoms with van der Waals surface area (Å²) >= 11 is 0. The molecule has 0 radical (unpaired) electrons. The van der Waals surface area contributed by atoms with E-state index in [1.54, 1.807) is 32.9 Å². The Morgan fingerprint density at radius 3 is 2.26 bits per heavy atom. The molecule has 1 aliphatic carbocycles. The fraction of sp³-hybridized carbons (Fsp3) is 0.381. The molecule has 0 bridgehead atoms. The van der Waals surface area contributed by atoms with Crippen molar-refractivity contribution in [1.29, 1.82) is 0 Å². The molecule has 5 nitrogen and oxygen atoms in total. The molecule has 1 amide bonds. The predicted octanol–water partition coefficient (Wildman–Crippen LogP) is 3.51. The summed E-state index contributed by atoms with van der Waals surface area (Å²) in [6.45, 7) is 5.38. The molecular weight excluding hydrogens is 360 g/mol. The second-order valence-electron chi connectivity index (χ2n) is 8.08. The molecule has 0 saturated heterocycles. The zero-order valence-electron chi connectivity index (χ0n) is 16.0. The normalized spacial score (nSPS) is 17.2. The van der Waals surface area contributed by atoms with Crippen molar-refractivity contribution in [3.8, 4) is 0 Å². The van der Waals surface area contributed by atoms with Gasteiger partial charge >= 0.3 is 0 Å². The van der Waals surface area contributed by atoms with Crippen LogP contribution in [0.5, 0.6) is 0 Å². The average molecular weight is 387 g/mol. The van der Waals surface area contributed by atoms with Crippen molar-refractivity contribution < 1.29 is 13.2 Å². The van der Waals surface area contributed by atoms with Crippen molar-refractivity contribution in [1.82, 2.24) is 4.72 Å². The molecule has 2 aromatic rings. The third kappa shape index (κ3) is 4.96. The van der Waals surface area contributed by atoms with E-state index in [0.717, 1.165) is 19.3 Å². The van der Waals surface area contributed by atoms with Crippen molar-refractivity contribution in [2.75, 3.05) is 5.32 Å². The quantitative estimate of drug-likeness (QED) is 0.844. The van der Waals surface area contributed by atoms with Crippen LogP contribution in [0.25, 0.3) is 0 Å². The molecule has 0 spiro atoms. The standard InChI is InChI=1S/C21H26N2O3S/c1-21(2,3)23-27(25,26)19-12-10-18(11-13-19)22-20(24)17-9-8-15-6-4-5-7-16(15)14-17/h4-7,10-13,17,23H,8-9,14H2,1-3H3,(H,22,24). The zero-order chi connectivity index (χ0) is 19.7.